The third kappa shape index (κ3) is 3.40. The lowest BCUT2D eigenvalue weighted by molar-refractivity contribution is 0.101. The Morgan fingerprint density at radius 3 is 2.60 bits per heavy atom. The molecule has 0 saturated heterocycles. The summed E-state index contributed by atoms with van der Waals surface area (Å²) >= 11 is 0. The molecule has 0 aliphatic rings. The average Bonchev–Trinajstić information content (AvgIpc) is 2.14. The van der Waals surface area contributed by atoms with Crippen molar-refractivity contribution in [2.45, 2.75) is 20.3 Å². The van der Waals surface area contributed by atoms with E-state index in [0.717, 1.165) is 24.5 Å². The number of rotatable bonds is 4. The highest BCUT2D eigenvalue weighted by molar-refractivity contribution is 5.94. The lowest BCUT2D eigenvalue weighted by atomic mass is 10.2. The van der Waals surface area contributed by atoms with E-state index < -0.39 is 0 Å². The predicted molar refractivity (Wildman–Crippen MR) is 59.0 cm³/mol. The quantitative estimate of drug-likeness (QED) is 0.693. The van der Waals surface area contributed by atoms with Gasteiger partial charge in [-0.15, -0.1) is 0 Å². The first-order chi connectivity index (χ1) is 7.00. The summed E-state index contributed by atoms with van der Waals surface area (Å²) in [6.45, 7) is 4.29. The van der Waals surface area contributed by atoms with Crippen molar-refractivity contribution in [3.8, 4) is 0 Å². The molecular weight excluding hydrogens is 190 g/mol. The Morgan fingerprint density at radius 1 is 1.47 bits per heavy atom. The van der Waals surface area contributed by atoms with Gasteiger partial charge >= 0.3 is 0 Å². The molecule has 1 heterocycles. The van der Waals surface area contributed by atoms with Crippen LogP contribution in [0.4, 0.5) is 0 Å². The Kier molecular flexibility index (Phi) is 3.91. The molecule has 0 saturated carbocycles. The van der Waals surface area contributed by atoms with E-state index >= 15 is 0 Å². The van der Waals surface area contributed by atoms with Crippen LogP contribution < -0.4 is 0 Å². The van der Waals surface area contributed by atoms with Crippen molar-refractivity contribution in [3.63, 3.8) is 0 Å². The van der Waals surface area contributed by atoms with Gasteiger partial charge in [0.1, 0.15) is 5.82 Å². The molecule has 1 aromatic heterocycles. The Balaban J connectivity index is 2.78. The van der Waals surface area contributed by atoms with Gasteiger partial charge in [-0.25, -0.2) is 9.97 Å². The molecule has 0 amide bonds. The number of aryl methyl sites for hydroxylation is 1. The van der Waals surface area contributed by atoms with Gasteiger partial charge in [0.15, 0.2) is 5.78 Å². The molecule has 15 heavy (non-hydrogen) atoms. The van der Waals surface area contributed by atoms with Crippen LogP contribution in [0.1, 0.15) is 28.8 Å². The molecular formula is C11H17N3O. The van der Waals surface area contributed by atoms with Gasteiger partial charge in [-0.1, -0.05) is 0 Å². The zero-order valence-electron chi connectivity index (χ0n) is 9.74. The molecule has 82 valence electrons. The summed E-state index contributed by atoms with van der Waals surface area (Å²) in [6.07, 6.45) is 2.43. The van der Waals surface area contributed by atoms with Crippen LogP contribution in [0.2, 0.25) is 0 Å². The number of aromatic nitrogens is 2. The molecule has 4 nitrogen and oxygen atoms in total. The molecule has 0 N–H and O–H groups in total. The Hall–Kier alpha value is -1.29. The minimum absolute atomic E-state index is 0.0201. The summed E-state index contributed by atoms with van der Waals surface area (Å²) in [5, 5.41) is 0. The summed E-state index contributed by atoms with van der Waals surface area (Å²) in [7, 11) is 4.02. The van der Waals surface area contributed by atoms with Crippen LogP contribution in [0.3, 0.4) is 0 Å². The van der Waals surface area contributed by atoms with Gasteiger partial charge in [-0.3, -0.25) is 4.79 Å². The standard InChI is InChI=1S/C11H17N3O/c1-8-10(9(2)15)7-12-11(13-8)5-6-14(3)4/h7H,5-6H2,1-4H3. The third-order valence-corrected chi connectivity index (χ3v) is 2.19. The van der Waals surface area contributed by atoms with E-state index in [2.05, 4.69) is 14.9 Å². The van der Waals surface area contributed by atoms with E-state index in [1.165, 1.54) is 6.92 Å². The Labute approximate surface area is 90.3 Å². The predicted octanol–water partition coefficient (Wildman–Crippen LogP) is 1.09. The van der Waals surface area contributed by atoms with Crippen LogP contribution in [-0.4, -0.2) is 41.3 Å². The van der Waals surface area contributed by atoms with Crippen LogP contribution in [0.5, 0.6) is 0 Å². The van der Waals surface area contributed by atoms with Crippen molar-refractivity contribution >= 4 is 5.78 Å². The van der Waals surface area contributed by atoms with Gasteiger partial charge in [0, 0.05) is 19.2 Å². The second-order valence-electron chi connectivity index (χ2n) is 3.89. The smallest absolute Gasteiger partial charge is 0.163 e. The number of hydrogen-bond donors (Lipinski definition) is 0. The summed E-state index contributed by atoms with van der Waals surface area (Å²) in [5.41, 5.74) is 1.38. The van der Waals surface area contributed by atoms with E-state index in [-0.39, 0.29) is 5.78 Å². The highest BCUT2D eigenvalue weighted by Crippen LogP contribution is 2.05. The maximum atomic E-state index is 11.2. The number of likely N-dealkylation sites (N-methyl/N-ethyl adjacent to an activating group) is 1. The van der Waals surface area contributed by atoms with Crippen LogP contribution >= 0.6 is 0 Å². The number of Topliss-reactive ketones (excluding diaryl/α,β-unsaturated/α-hetero) is 1. The van der Waals surface area contributed by atoms with Gasteiger partial charge in [0.05, 0.1) is 11.3 Å². The molecule has 0 unspecified atom stereocenters. The summed E-state index contributed by atoms with van der Waals surface area (Å²) in [6, 6.07) is 0. The third-order valence-electron chi connectivity index (χ3n) is 2.19. The molecule has 0 aliphatic heterocycles. The second-order valence-corrected chi connectivity index (χ2v) is 3.89. The van der Waals surface area contributed by atoms with Crippen molar-refractivity contribution < 1.29 is 4.79 Å². The van der Waals surface area contributed by atoms with E-state index in [0.29, 0.717) is 5.56 Å². The van der Waals surface area contributed by atoms with E-state index in [1.54, 1.807) is 6.20 Å². The molecule has 1 aromatic rings. The van der Waals surface area contributed by atoms with Crippen LogP contribution in [0.15, 0.2) is 6.20 Å². The number of hydrogen-bond acceptors (Lipinski definition) is 4. The maximum Gasteiger partial charge on any atom is 0.163 e. The highest BCUT2D eigenvalue weighted by Gasteiger charge is 2.07. The fourth-order valence-corrected chi connectivity index (χ4v) is 1.30. The van der Waals surface area contributed by atoms with E-state index in [9.17, 15) is 4.79 Å². The Bertz CT molecular complexity index is 361. The van der Waals surface area contributed by atoms with Gasteiger partial charge in [0.2, 0.25) is 0 Å². The fraction of sp³-hybridized carbons (Fsp3) is 0.545. The van der Waals surface area contributed by atoms with Crippen molar-refractivity contribution in [2.24, 2.45) is 0 Å². The van der Waals surface area contributed by atoms with Gasteiger partial charge < -0.3 is 4.90 Å². The average molecular weight is 207 g/mol. The number of carbonyl (C=O) groups is 1. The maximum absolute atomic E-state index is 11.2. The fourth-order valence-electron chi connectivity index (χ4n) is 1.30. The van der Waals surface area contributed by atoms with Gasteiger partial charge in [-0.05, 0) is 27.9 Å². The Morgan fingerprint density at radius 2 is 2.13 bits per heavy atom. The summed E-state index contributed by atoms with van der Waals surface area (Å²) in [4.78, 5) is 21.7. The van der Waals surface area contributed by atoms with Crippen LogP contribution in [0, 0.1) is 6.92 Å². The highest BCUT2D eigenvalue weighted by atomic mass is 16.1. The molecule has 0 aliphatic carbocycles. The SMILES string of the molecule is CC(=O)c1cnc(CCN(C)C)nc1C. The minimum atomic E-state index is 0.0201. The molecule has 0 bridgehead atoms. The van der Waals surface area contributed by atoms with E-state index in [1.807, 2.05) is 21.0 Å². The zero-order chi connectivity index (χ0) is 11.4. The second kappa shape index (κ2) is 4.98. The normalized spacial score (nSPS) is 10.7. The van der Waals surface area contributed by atoms with Crippen molar-refractivity contribution in [1.82, 2.24) is 14.9 Å². The lowest BCUT2D eigenvalue weighted by Gasteiger charge is -2.09. The van der Waals surface area contributed by atoms with Crippen LogP contribution in [0.25, 0.3) is 0 Å². The first-order valence-corrected chi connectivity index (χ1v) is 4.99. The summed E-state index contributed by atoms with van der Waals surface area (Å²) in [5.74, 6) is 0.817. The molecule has 4 heteroatoms. The number of nitrogens with zero attached hydrogens (tertiary/aromatic N) is 3. The molecule has 0 aromatic carbocycles. The van der Waals surface area contributed by atoms with Crippen LogP contribution in [-0.2, 0) is 6.42 Å². The monoisotopic (exact) mass is 207 g/mol. The molecule has 0 atom stereocenters. The first kappa shape index (κ1) is 11.8. The number of ketones is 1. The topological polar surface area (TPSA) is 46.1 Å². The van der Waals surface area contributed by atoms with Gasteiger partial charge in [0.25, 0.3) is 0 Å². The first-order valence-electron chi connectivity index (χ1n) is 4.99. The van der Waals surface area contributed by atoms with Gasteiger partial charge in [-0.2, -0.15) is 0 Å². The molecule has 0 radical (unpaired) electrons. The zero-order valence-corrected chi connectivity index (χ0v) is 9.74. The largest absolute Gasteiger partial charge is 0.309 e. The summed E-state index contributed by atoms with van der Waals surface area (Å²) < 4.78 is 0. The van der Waals surface area contributed by atoms with E-state index in [4.69, 9.17) is 0 Å². The molecule has 1 rings (SSSR count). The van der Waals surface area contributed by atoms with Crippen molar-refractivity contribution in [2.75, 3.05) is 20.6 Å². The van der Waals surface area contributed by atoms with Crippen molar-refractivity contribution in [1.29, 1.82) is 0 Å². The molecule has 0 fully saturated rings. The number of carbonyl (C=O) groups excluding carboxylic acids is 1. The van der Waals surface area contributed by atoms with Crippen molar-refractivity contribution in [3.05, 3.63) is 23.3 Å². The lowest BCUT2D eigenvalue weighted by Crippen LogP contribution is -2.17. The minimum Gasteiger partial charge on any atom is -0.309 e. The molecule has 0 spiro atoms.